The van der Waals surface area contributed by atoms with Crippen molar-refractivity contribution in [3.63, 3.8) is 0 Å². The molecule has 1 aliphatic rings. The number of ether oxygens (including phenoxy) is 1. The lowest BCUT2D eigenvalue weighted by Gasteiger charge is -2.16. The number of nitrogens with one attached hydrogen (secondary N) is 2. The molecule has 126 valence electrons. The first kappa shape index (κ1) is 17.3. The number of hydrogen-bond donors (Lipinski definition) is 2. The highest BCUT2D eigenvalue weighted by atomic mass is 79.9. The number of hydrogen-bond acceptors (Lipinski definition) is 4. The number of carbonyl (C=O) groups is 2. The molecule has 1 fully saturated rings. The van der Waals surface area contributed by atoms with Crippen molar-refractivity contribution in [3.8, 4) is 5.75 Å². The van der Waals surface area contributed by atoms with E-state index in [0.717, 1.165) is 10.0 Å². The molecule has 0 aromatic heterocycles. The van der Waals surface area contributed by atoms with Crippen molar-refractivity contribution < 1.29 is 14.3 Å². The second-order valence-corrected chi connectivity index (χ2v) is 6.61. The Morgan fingerprint density at radius 2 is 1.72 bits per heavy atom. The van der Waals surface area contributed by atoms with Crippen LogP contribution in [0.15, 0.2) is 58.6 Å². The van der Waals surface area contributed by atoms with E-state index in [1.807, 2.05) is 30.3 Å². The maximum Gasteiger partial charge on any atom is 0.263 e. The van der Waals surface area contributed by atoms with Crippen molar-refractivity contribution >= 4 is 51.2 Å². The first-order chi connectivity index (χ1) is 12.0. The van der Waals surface area contributed by atoms with E-state index in [4.69, 9.17) is 17.0 Å². The fourth-order valence-electron chi connectivity index (χ4n) is 2.21. The van der Waals surface area contributed by atoms with Crippen molar-refractivity contribution in [2.75, 3.05) is 0 Å². The molecule has 0 aliphatic carbocycles. The Balaban J connectivity index is 1.74. The highest BCUT2D eigenvalue weighted by Crippen LogP contribution is 2.19. The minimum atomic E-state index is -0.519. The molecule has 2 aromatic carbocycles. The molecule has 5 nitrogen and oxygen atoms in total. The summed E-state index contributed by atoms with van der Waals surface area (Å²) in [4.78, 5) is 23.8. The molecule has 1 aliphatic heterocycles. The van der Waals surface area contributed by atoms with Crippen molar-refractivity contribution in [2.24, 2.45) is 0 Å². The highest BCUT2D eigenvalue weighted by molar-refractivity contribution is 9.10. The van der Waals surface area contributed by atoms with Crippen LogP contribution in [0.2, 0.25) is 0 Å². The molecule has 2 aromatic rings. The fraction of sp³-hybridized carbons (Fsp3) is 0.0556. The number of thiocarbonyl (C=S) groups is 1. The summed E-state index contributed by atoms with van der Waals surface area (Å²) in [6.07, 6.45) is 1.50. The lowest BCUT2D eigenvalue weighted by molar-refractivity contribution is -0.123. The molecule has 0 saturated carbocycles. The van der Waals surface area contributed by atoms with Crippen LogP contribution in [-0.2, 0) is 16.2 Å². The van der Waals surface area contributed by atoms with Gasteiger partial charge in [0.2, 0.25) is 0 Å². The summed E-state index contributed by atoms with van der Waals surface area (Å²) < 4.78 is 6.77. The van der Waals surface area contributed by atoms with Gasteiger partial charge in [-0.3, -0.25) is 20.2 Å². The zero-order chi connectivity index (χ0) is 17.8. The Labute approximate surface area is 158 Å². The average Bonchev–Trinajstić information content (AvgIpc) is 2.58. The fourth-order valence-corrected chi connectivity index (χ4v) is 2.66. The van der Waals surface area contributed by atoms with Crippen molar-refractivity contribution in [3.05, 3.63) is 69.7 Å². The van der Waals surface area contributed by atoms with Gasteiger partial charge in [0, 0.05) is 4.47 Å². The van der Waals surface area contributed by atoms with Crippen molar-refractivity contribution in [2.45, 2.75) is 6.61 Å². The number of benzene rings is 2. The number of halogens is 1. The summed E-state index contributed by atoms with van der Waals surface area (Å²) in [6, 6.07) is 15.0. The van der Waals surface area contributed by atoms with Crippen molar-refractivity contribution in [1.82, 2.24) is 10.6 Å². The molecule has 0 radical (unpaired) electrons. The van der Waals surface area contributed by atoms with Gasteiger partial charge >= 0.3 is 0 Å². The van der Waals surface area contributed by atoms with Gasteiger partial charge in [0.25, 0.3) is 11.8 Å². The van der Waals surface area contributed by atoms with Crippen LogP contribution in [0.1, 0.15) is 11.1 Å². The third-order valence-electron chi connectivity index (χ3n) is 3.43. The lowest BCUT2D eigenvalue weighted by Crippen LogP contribution is -2.51. The zero-order valence-electron chi connectivity index (χ0n) is 12.9. The minimum absolute atomic E-state index is 0.00124. The maximum absolute atomic E-state index is 11.9. The van der Waals surface area contributed by atoms with Gasteiger partial charge in [0.05, 0.1) is 0 Å². The quantitative estimate of drug-likeness (QED) is 0.456. The van der Waals surface area contributed by atoms with E-state index >= 15 is 0 Å². The molecule has 0 bridgehead atoms. The van der Waals surface area contributed by atoms with E-state index < -0.39 is 11.8 Å². The number of amides is 2. The Hall–Kier alpha value is -2.51. The van der Waals surface area contributed by atoms with E-state index in [1.54, 1.807) is 18.2 Å². The van der Waals surface area contributed by atoms with Crippen LogP contribution in [0, 0.1) is 0 Å². The van der Waals surface area contributed by atoms with E-state index in [2.05, 4.69) is 26.6 Å². The molecule has 25 heavy (non-hydrogen) atoms. The van der Waals surface area contributed by atoms with Crippen LogP contribution in [0.3, 0.4) is 0 Å². The van der Waals surface area contributed by atoms with Crippen LogP contribution in [0.4, 0.5) is 0 Å². The Morgan fingerprint density at radius 3 is 2.40 bits per heavy atom. The first-order valence-electron chi connectivity index (χ1n) is 7.37. The Morgan fingerprint density at radius 1 is 1.04 bits per heavy atom. The molecule has 2 amide bonds. The summed E-state index contributed by atoms with van der Waals surface area (Å²) in [5.41, 5.74) is 1.71. The second-order valence-electron chi connectivity index (χ2n) is 5.28. The van der Waals surface area contributed by atoms with Gasteiger partial charge in [-0.05, 0) is 53.7 Å². The first-order valence-corrected chi connectivity index (χ1v) is 8.57. The monoisotopic (exact) mass is 416 g/mol. The SMILES string of the molecule is O=C1NC(=S)NC(=O)C1=Cc1cccc(OCc2ccc(Br)cc2)c1. The normalized spacial score (nSPS) is 14.0. The Kier molecular flexibility index (Phi) is 5.25. The molecule has 3 rings (SSSR count). The maximum atomic E-state index is 11.9. The smallest absolute Gasteiger partial charge is 0.263 e. The van der Waals surface area contributed by atoms with Gasteiger partial charge < -0.3 is 4.74 Å². The largest absolute Gasteiger partial charge is 0.489 e. The molecular formula is C18H13BrN2O3S. The van der Waals surface area contributed by atoms with Gasteiger partial charge in [-0.15, -0.1) is 0 Å². The molecule has 1 saturated heterocycles. The van der Waals surface area contributed by atoms with Crippen LogP contribution in [-0.4, -0.2) is 16.9 Å². The van der Waals surface area contributed by atoms with Gasteiger partial charge in [-0.1, -0.05) is 40.2 Å². The molecule has 0 spiro atoms. The predicted molar refractivity (Wildman–Crippen MR) is 102 cm³/mol. The Bertz CT molecular complexity index is 856. The minimum Gasteiger partial charge on any atom is -0.489 e. The van der Waals surface area contributed by atoms with Crippen molar-refractivity contribution in [1.29, 1.82) is 0 Å². The third-order valence-corrected chi connectivity index (χ3v) is 4.16. The number of rotatable bonds is 4. The third kappa shape index (κ3) is 4.52. The summed E-state index contributed by atoms with van der Waals surface area (Å²) in [5, 5.41) is 4.82. The van der Waals surface area contributed by atoms with Gasteiger partial charge in [0.1, 0.15) is 17.9 Å². The van der Waals surface area contributed by atoms with Gasteiger partial charge in [0.15, 0.2) is 5.11 Å². The zero-order valence-corrected chi connectivity index (χ0v) is 15.3. The molecule has 0 unspecified atom stereocenters. The standard InChI is InChI=1S/C18H13BrN2O3S/c19-13-6-4-11(5-7-13)10-24-14-3-1-2-12(8-14)9-15-16(22)20-18(25)21-17(15)23/h1-9H,10H2,(H2,20,21,22,23,25). The topological polar surface area (TPSA) is 67.4 Å². The van der Waals surface area contributed by atoms with E-state index in [1.165, 1.54) is 6.08 Å². The van der Waals surface area contributed by atoms with Crippen LogP contribution in [0.5, 0.6) is 5.75 Å². The molecule has 0 atom stereocenters. The summed E-state index contributed by atoms with van der Waals surface area (Å²) >= 11 is 8.16. The average molecular weight is 417 g/mol. The van der Waals surface area contributed by atoms with Crippen LogP contribution < -0.4 is 15.4 Å². The molecule has 2 N–H and O–H groups in total. The predicted octanol–water partition coefficient (Wildman–Crippen LogP) is 2.94. The van der Waals surface area contributed by atoms with Gasteiger partial charge in [-0.25, -0.2) is 0 Å². The number of carbonyl (C=O) groups excluding carboxylic acids is 2. The summed E-state index contributed by atoms with van der Waals surface area (Å²) in [7, 11) is 0. The van der Waals surface area contributed by atoms with E-state index in [9.17, 15) is 9.59 Å². The van der Waals surface area contributed by atoms with Crippen LogP contribution >= 0.6 is 28.1 Å². The molecular weight excluding hydrogens is 404 g/mol. The summed E-state index contributed by atoms with van der Waals surface area (Å²) in [5.74, 6) is -0.394. The van der Waals surface area contributed by atoms with E-state index in [0.29, 0.717) is 17.9 Å². The van der Waals surface area contributed by atoms with Gasteiger partial charge in [-0.2, -0.15) is 0 Å². The molecule has 1 heterocycles. The van der Waals surface area contributed by atoms with E-state index in [-0.39, 0.29) is 10.7 Å². The molecule has 7 heteroatoms. The highest BCUT2D eigenvalue weighted by Gasteiger charge is 2.25. The van der Waals surface area contributed by atoms with Crippen LogP contribution in [0.25, 0.3) is 6.08 Å². The summed E-state index contributed by atoms with van der Waals surface area (Å²) in [6.45, 7) is 0.419. The lowest BCUT2D eigenvalue weighted by atomic mass is 10.1. The second kappa shape index (κ2) is 7.58.